The van der Waals surface area contributed by atoms with Gasteiger partial charge in [0.1, 0.15) is 0 Å². The highest BCUT2D eigenvalue weighted by Crippen LogP contribution is 2.01. The van der Waals surface area contributed by atoms with Crippen molar-refractivity contribution in [3.63, 3.8) is 0 Å². The minimum absolute atomic E-state index is 0.853. The van der Waals surface area contributed by atoms with Crippen molar-refractivity contribution in [3.8, 4) is 0 Å². The Kier molecular flexibility index (Phi) is 4.80. The number of aryl methyl sites for hydroxylation is 1. The molecule has 0 unspecified atom stereocenters. The van der Waals surface area contributed by atoms with Gasteiger partial charge in [0.2, 0.25) is 0 Å². The highest BCUT2D eigenvalue weighted by atomic mass is 16.5. The Bertz CT molecular complexity index is 283. The number of nitrogens with one attached hydrogen (secondary N) is 1. The lowest BCUT2D eigenvalue weighted by molar-refractivity contribution is 0.0120. The average Bonchev–Trinajstić information content (AvgIpc) is 2.37. The standard InChI is InChI=1S/C13H20N2O/c1-2-5-13(6-3-1)7-4-8-14-15-9-11-16-12-10-15/h1-3,5-6,14H,4,7-12H2. The van der Waals surface area contributed by atoms with Gasteiger partial charge in [0.25, 0.3) is 0 Å². The number of morpholine rings is 1. The quantitative estimate of drug-likeness (QED) is 0.760. The van der Waals surface area contributed by atoms with Crippen LogP contribution in [0, 0.1) is 0 Å². The molecule has 3 nitrogen and oxygen atoms in total. The molecule has 0 radical (unpaired) electrons. The van der Waals surface area contributed by atoms with Crippen molar-refractivity contribution in [3.05, 3.63) is 35.9 Å². The summed E-state index contributed by atoms with van der Waals surface area (Å²) < 4.78 is 5.29. The molecule has 0 atom stereocenters. The molecular weight excluding hydrogens is 200 g/mol. The number of benzene rings is 1. The third kappa shape index (κ3) is 3.93. The second kappa shape index (κ2) is 6.63. The zero-order chi connectivity index (χ0) is 11.1. The van der Waals surface area contributed by atoms with E-state index < -0.39 is 0 Å². The van der Waals surface area contributed by atoms with Crippen LogP contribution in [0.3, 0.4) is 0 Å². The van der Waals surface area contributed by atoms with E-state index in [1.807, 2.05) is 0 Å². The Labute approximate surface area is 97.4 Å². The largest absolute Gasteiger partial charge is 0.379 e. The van der Waals surface area contributed by atoms with Gasteiger partial charge in [0, 0.05) is 19.6 Å². The summed E-state index contributed by atoms with van der Waals surface area (Å²) in [5.74, 6) is 0. The van der Waals surface area contributed by atoms with Crippen LogP contribution in [0.2, 0.25) is 0 Å². The fourth-order valence-electron chi connectivity index (χ4n) is 1.90. The predicted molar refractivity (Wildman–Crippen MR) is 65.2 cm³/mol. The van der Waals surface area contributed by atoms with Gasteiger partial charge in [-0.3, -0.25) is 5.43 Å². The molecule has 1 aliphatic rings. The van der Waals surface area contributed by atoms with E-state index in [0.29, 0.717) is 0 Å². The van der Waals surface area contributed by atoms with E-state index in [9.17, 15) is 0 Å². The van der Waals surface area contributed by atoms with Crippen molar-refractivity contribution in [2.75, 3.05) is 32.8 Å². The fraction of sp³-hybridized carbons (Fsp3) is 0.538. The van der Waals surface area contributed by atoms with Crippen molar-refractivity contribution < 1.29 is 4.74 Å². The third-order valence-electron chi connectivity index (χ3n) is 2.83. The molecule has 2 rings (SSSR count). The van der Waals surface area contributed by atoms with Crippen molar-refractivity contribution in [1.29, 1.82) is 0 Å². The molecule has 1 aliphatic heterocycles. The molecule has 0 aromatic heterocycles. The first kappa shape index (κ1) is 11.6. The molecule has 0 bridgehead atoms. The van der Waals surface area contributed by atoms with Gasteiger partial charge in [-0.2, -0.15) is 0 Å². The summed E-state index contributed by atoms with van der Waals surface area (Å²) in [6.07, 6.45) is 2.33. The first-order valence-corrected chi connectivity index (χ1v) is 6.05. The molecule has 0 amide bonds. The van der Waals surface area contributed by atoms with Gasteiger partial charge >= 0.3 is 0 Å². The Morgan fingerprint density at radius 3 is 2.62 bits per heavy atom. The Morgan fingerprint density at radius 2 is 1.88 bits per heavy atom. The monoisotopic (exact) mass is 220 g/mol. The van der Waals surface area contributed by atoms with Gasteiger partial charge in [0.05, 0.1) is 13.2 Å². The minimum Gasteiger partial charge on any atom is -0.379 e. The lowest BCUT2D eigenvalue weighted by atomic mass is 10.1. The van der Waals surface area contributed by atoms with Crippen LogP contribution in [0.15, 0.2) is 30.3 Å². The number of nitrogens with zero attached hydrogens (tertiary/aromatic N) is 1. The topological polar surface area (TPSA) is 24.5 Å². The molecule has 1 N–H and O–H groups in total. The molecule has 16 heavy (non-hydrogen) atoms. The van der Waals surface area contributed by atoms with E-state index in [1.165, 1.54) is 12.0 Å². The zero-order valence-corrected chi connectivity index (χ0v) is 9.69. The van der Waals surface area contributed by atoms with Gasteiger partial charge < -0.3 is 4.74 Å². The van der Waals surface area contributed by atoms with Crippen LogP contribution in [-0.2, 0) is 11.2 Å². The van der Waals surface area contributed by atoms with Crippen LogP contribution in [0.1, 0.15) is 12.0 Å². The molecule has 1 saturated heterocycles. The number of rotatable bonds is 5. The van der Waals surface area contributed by atoms with Gasteiger partial charge in [-0.15, -0.1) is 0 Å². The number of hydrogen-bond acceptors (Lipinski definition) is 3. The molecule has 0 spiro atoms. The van der Waals surface area contributed by atoms with Crippen molar-refractivity contribution in [1.82, 2.24) is 10.4 Å². The molecule has 88 valence electrons. The second-order valence-corrected chi connectivity index (χ2v) is 4.10. The Morgan fingerprint density at radius 1 is 1.12 bits per heavy atom. The lowest BCUT2D eigenvalue weighted by Gasteiger charge is -2.27. The van der Waals surface area contributed by atoms with Crippen LogP contribution in [0.5, 0.6) is 0 Å². The number of ether oxygens (including phenoxy) is 1. The predicted octanol–water partition coefficient (Wildman–Crippen LogP) is 1.46. The number of hydrazine groups is 1. The molecule has 0 aliphatic carbocycles. The SMILES string of the molecule is c1ccc(CCCNN2CCOCC2)cc1. The van der Waals surface area contributed by atoms with Crippen molar-refractivity contribution >= 4 is 0 Å². The summed E-state index contributed by atoms with van der Waals surface area (Å²) in [5, 5.41) is 2.26. The molecule has 1 heterocycles. The molecule has 3 heteroatoms. The number of hydrogen-bond donors (Lipinski definition) is 1. The third-order valence-corrected chi connectivity index (χ3v) is 2.83. The lowest BCUT2D eigenvalue weighted by Crippen LogP contribution is -2.46. The van der Waals surface area contributed by atoms with Gasteiger partial charge in [-0.25, -0.2) is 5.01 Å². The summed E-state index contributed by atoms with van der Waals surface area (Å²) in [6, 6.07) is 10.6. The molecule has 0 saturated carbocycles. The Balaban J connectivity index is 1.58. The maximum absolute atomic E-state index is 5.29. The van der Waals surface area contributed by atoms with E-state index in [0.717, 1.165) is 39.3 Å². The van der Waals surface area contributed by atoms with E-state index >= 15 is 0 Å². The van der Waals surface area contributed by atoms with E-state index in [1.54, 1.807) is 0 Å². The van der Waals surface area contributed by atoms with Crippen LogP contribution >= 0.6 is 0 Å². The highest BCUT2D eigenvalue weighted by Gasteiger charge is 2.08. The van der Waals surface area contributed by atoms with E-state index in [4.69, 9.17) is 4.74 Å². The summed E-state index contributed by atoms with van der Waals surface area (Å²) in [5.41, 5.74) is 4.87. The average molecular weight is 220 g/mol. The summed E-state index contributed by atoms with van der Waals surface area (Å²) in [4.78, 5) is 0. The van der Waals surface area contributed by atoms with Gasteiger partial charge in [0.15, 0.2) is 0 Å². The maximum Gasteiger partial charge on any atom is 0.0608 e. The summed E-state index contributed by atoms with van der Waals surface area (Å²) >= 11 is 0. The normalized spacial score (nSPS) is 17.5. The van der Waals surface area contributed by atoms with Crippen molar-refractivity contribution in [2.45, 2.75) is 12.8 Å². The minimum atomic E-state index is 0.853. The van der Waals surface area contributed by atoms with Crippen molar-refractivity contribution in [2.24, 2.45) is 0 Å². The first-order valence-electron chi connectivity index (χ1n) is 6.05. The summed E-state index contributed by atoms with van der Waals surface area (Å²) in [6.45, 7) is 4.77. The van der Waals surface area contributed by atoms with E-state index in [2.05, 4.69) is 40.8 Å². The van der Waals surface area contributed by atoms with Crippen LogP contribution < -0.4 is 5.43 Å². The van der Waals surface area contributed by atoms with Crippen LogP contribution in [0.25, 0.3) is 0 Å². The van der Waals surface area contributed by atoms with Crippen LogP contribution in [-0.4, -0.2) is 37.9 Å². The molecular formula is C13H20N2O. The molecule has 1 aromatic rings. The van der Waals surface area contributed by atoms with Crippen LogP contribution in [0.4, 0.5) is 0 Å². The zero-order valence-electron chi connectivity index (χ0n) is 9.69. The van der Waals surface area contributed by atoms with Gasteiger partial charge in [-0.05, 0) is 18.4 Å². The molecule has 1 aromatic carbocycles. The first-order chi connectivity index (χ1) is 7.95. The summed E-state index contributed by atoms with van der Waals surface area (Å²) in [7, 11) is 0. The molecule has 1 fully saturated rings. The Hall–Kier alpha value is -0.900. The smallest absolute Gasteiger partial charge is 0.0608 e. The second-order valence-electron chi connectivity index (χ2n) is 4.10. The fourth-order valence-corrected chi connectivity index (χ4v) is 1.90. The van der Waals surface area contributed by atoms with Gasteiger partial charge in [-0.1, -0.05) is 30.3 Å². The van der Waals surface area contributed by atoms with E-state index in [-0.39, 0.29) is 0 Å². The maximum atomic E-state index is 5.29. The highest BCUT2D eigenvalue weighted by molar-refractivity contribution is 5.14.